The Balaban J connectivity index is 2.56. The highest BCUT2D eigenvalue weighted by Gasteiger charge is 2.72. The maximum atomic E-state index is 12.3. The Hall–Kier alpha value is 1.11. The van der Waals surface area contributed by atoms with Crippen LogP contribution in [0.15, 0.2) is 0 Å². The molecule has 0 aromatic heterocycles. The van der Waals surface area contributed by atoms with E-state index in [2.05, 4.69) is 61.6 Å². The van der Waals surface area contributed by atoms with Gasteiger partial charge >= 0.3 is 0 Å². The van der Waals surface area contributed by atoms with Gasteiger partial charge in [-0.15, -0.1) is 0 Å². The normalized spacial score (nSPS) is 50.1. The van der Waals surface area contributed by atoms with Crippen LogP contribution in [0.2, 0.25) is 0 Å². The molecule has 0 saturated heterocycles. The third kappa shape index (κ3) is 1.03. The molecule has 0 aromatic rings. The number of carbonyl (C=O) groups excluding carboxylic acids is 1. The molecule has 1 nitrogen and oxygen atoms in total. The molecular formula is C10H13Br3O. The average Bonchev–Trinajstić information content (AvgIpc) is 2.44. The van der Waals surface area contributed by atoms with Crippen molar-refractivity contribution >= 4 is 53.6 Å². The summed E-state index contributed by atoms with van der Waals surface area (Å²) in [6, 6.07) is 0. The molecule has 80 valence electrons. The summed E-state index contributed by atoms with van der Waals surface area (Å²) in [6.45, 7) is 4.34. The van der Waals surface area contributed by atoms with Gasteiger partial charge in [-0.2, -0.15) is 0 Å². The Bertz CT molecular complexity index is 302. The van der Waals surface area contributed by atoms with Gasteiger partial charge in [0, 0.05) is 10.7 Å². The van der Waals surface area contributed by atoms with Crippen LogP contribution in [-0.4, -0.2) is 14.3 Å². The van der Waals surface area contributed by atoms with Gasteiger partial charge in [-0.25, -0.2) is 0 Å². The van der Waals surface area contributed by atoms with E-state index in [1.807, 2.05) is 0 Å². The van der Waals surface area contributed by atoms with E-state index in [1.54, 1.807) is 0 Å². The SMILES string of the molecule is C[C@]1(CBr)[C@H]2CC[C@]1(C)C(=O)C2(Br)Br. The standard InChI is InChI=1S/C10H13Br3O/c1-8-4-3-6(9(8,2)5-11)10(12,13)7(8)14/h6H,3-5H2,1-2H3/t6-,8-,9+/m1/s1. The van der Waals surface area contributed by atoms with E-state index in [9.17, 15) is 4.79 Å². The minimum Gasteiger partial charge on any atom is -0.296 e. The summed E-state index contributed by atoms with van der Waals surface area (Å²) < 4.78 is -0.477. The number of fused-ring (bicyclic) bond motifs is 2. The number of alkyl halides is 3. The molecule has 2 aliphatic carbocycles. The molecule has 0 N–H and O–H groups in total. The lowest BCUT2D eigenvalue weighted by Gasteiger charge is -2.34. The highest BCUT2D eigenvalue weighted by Crippen LogP contribution is 2.71. The van der Waals surface area contributed by atoms with Gasteiger partial charge in [0.1, 0.15) is 3.23 Å². The van der Waals surface area contributed by atoms with Crippen molar-refractivity contribution in [2.24, 2.45) is 16.7 Å². The molecule has 0 radical (unpaired) electrons. The van der Waals surface area contributed by atoms with Gasteiger partial charge in [-0.05, 0) is 24.2 Å². The molecule has 2 saturated carbocycles. The molecule has 0 heterocycles. The van der Waals surface area contributed by atoms with Crippen molar-refractivity contribution in [1.29, 1.82) is 0 Å². The van der Waals surface area contributed by atoms with Crippen LogP contribution in [0.25, 0.3) is 0 Å². The fourth-order valence-electron chi connectivity index (χ4n) is 3.14. The number of hydrogen-bond acceptors (Lipinski definition) is 1. The molecule has 0 aromatic carbocycles. The van der Waals surface area contributed by atoms with Gasteiger partial charge in [0.2, 0.25) is 0 Å². The smallest absolute Gasteiger partial charge is 0.166 e. The summed E-state index contributed by atoms with van der Waals surface area (Å²) in [4.78, 5) is 12.3. The first kappa shape index (κ1) is 11.6. The van der Waals surface area contributed by atoms with Crippen molar-refractivity contribution in [1.82, 2.24) is 0 Å². The monoisotopic (exact) mass is 386 g/mol. The summed E-state index contributed by atoms with van der Waals surface area (Å²) in [5.41, 5.74) is -0.0920. The minimum absolute atomic E-state index is 0.0804. The maximum absolute atomic E-state index is 12.3. The Morgan fingerprint density at radius 1 is 1.43 bits per heavy atom. The first-order valence-corrected chi connectivity index (χ1v) is 7.50. The second kappa shape index (κ2) is 3.07. The summed E-state index contributed by atoms with van der Waals surface area (Å²) >= 11 is 10.7. The summed E-state index contributed by atoms with van der Waals surface area (Å²) in [5.74, 6) is 0.718. The van der Waals surface area contributed by atoms with E-state index in [1.165, 1.54) is 0 Å². The summed E-state index contributed by atoms with van der Waals surface area (Å²) in [5, 5.41) is 0.895. The lowest BCUT2D eigenvalue weighted by Crippen LogP contribution is -2.38. The van der Waals surface area contributed by atoms with Crippen molar-refractivity contribution in [2.45, 2.75) is 29.9 Å². The molecule has 0 amide bonds. The van der Waals surface area contributed by atoms with E-state index in [0.29, 0.717) is 11.7 Å². The van der Waals surface area contributed by atoms with Crippen LogP contribution in [-0.2, 0) is 4.79 Å². The van der Waals surface area contributed by atoms with Crippen molar-refractivity contribution in [3.63, 3.8) is 0 Å². The fraction of sp³-hybridized carbons (Fsp3) is 0.900. The lowest BCUT2D eigenvalue weighted by atomic mass is 9.70. The third-order valence-electron chi connectivity index (χ3n) is 4.48. The molecule has 0 spiro atoms. The zero-order valence-electron chi connectivity index (χ0n) is 8.24. The molecule has 2 aliphatic rings. The van der Waals surface area contributed by atoms with Gasteiger partial charge in [-0.3, -0.25) is 4.79 Å². The summed E-state index contributed by atoms with van der Waals surface area (Å²) in [7, 11) is 0. The van der Waals surface area contributed by atoms with Crippen molar-refractivity contribution in [3.05, 3.63) is 0 Å². The third-order valence-corrected chi connectivity index (χ3v) is 7.47. The maximum Gasteiger partial charge on any atom is 0.166 e. The predicted molar refractivity (Wildman–Crippen MR) is 68.3 cm³/mol. The van der Waals surface area contributed by atoms with Crippen LogP contribution in [0.4, 0.5) is 0 Å². The van der Waals surface area contributed by atoms with Crippen LogP contribution < -0.4 is 0 Å². The first-order chi connectivity index (χ1) is 6.30. The van der Waals surface area contributed by atoms with Crippen LogP contribution in [0.1, 0.15) is 26.7 Å². The van der Waals surface area contributed by atoms with E-state index >= 15 is 0 Å². The van der Waals surface area contributed by atoms with Crippen LogP contribution >= 0.6 is 47.8 Å². The molecule has 2 rings (SSSR count). The van der Waals surface area contributed by atoms with Gasteiger partial charge in [0.25, 0.3) is 0 Å². The van der Waals surface area contributed by atoms with E-state index in [0.717, 1.165) is 18.2 Å². The molecule has 0 aliphatic heterocycles. The molecule has 14 heavy (non-hydrogen) atoms. The Kier molecular flexibility index (Phi) is 2.54. The molecule has 2 bridgehead atoms. The predicted octanol–water partition coefficient (Wildman–Crippen LogP) is 3.87. The second-order valence-electron chi connectivity index (χ2n) is 4.93. The van der Waals surface area contributed by atoms with Gasteiger partial charge < -0.3 is 0 Å². The van der Waals surface area contributed by atoms with Gasteiger partial charge in [0.05, 0.1) is 0 Å². The number of Topliss-reactive ketones (excluding diaryl/α,β-unsaturated/α-hetero) is 1. The molecular weight excluding hydrogens is 376 g/mol. The molecule has 3 atom stereocenters. The Morgan fingerprint density at radius 2 is 2.00 bits per heavy atom. The highest BCUT2D eigenvalue weighted by atomic mass is 79.9. The van der Waals surface area contributed by atoms with E-state index in [4.69, 9.17) is 0 Å². The van der Waals surface area contributed by atoms with E-state index in [-0.39, 0.29) is 10.8 Å². The largest absolute Gasteiger partial charge is 0.296 e. The van der Waals surface area contributed by atoms with Crippen LogP contribution in [0.3, 0.4) is 0 Å². The van der Waals surface area contributed by atoms with Crippen LogP contribution in [0.5, 0.6) is 0 Å². The number of hydrogen-bond donors (Lipinski definition) is 0. The molecule has 0 unspecified atom stereocenters. The number of carbonyl (C=O) groups is 1. The quantitative estimate of drug-likeness (QED) is 0.623. The van der Waals surface area contributed by atoms with Crippen LogP contribution in [0, 0.1) is 16.7 Å². The summed E-state index contributed by atoms with van der Waals surface area (Å²) in [6.07, 6.45) is 2.15. The molecule has 2 fully saturated rings. The Labute approximate surface area is 110 Å². The molecule has 4 heteroatoms. The number of rotatable bonds is 1. The average molecular weight is 389 g/mol. The zero-order valence-corrected chi connectivity index (χ0v) is 13.0. The van der Waals surface area contributed by atoms with Crippen molar-refractivity contribution < 1.29 is 4.79 Å². The zero-order chi connectivity index (χ0) is 10.8. The van der Waals surface area contributed by atoms with E-state index < -0.39 is 3.23 Å². The van der Waals surface area contributed by atoms with Gasteiger partial charge in [0.15, 0.2) is 5.78 Å². The fourth-order valence-corrected chi connectivity index (χ4v) is 6.50. The first-order valence-electron chi connectivity index (χ1n) is 4.79. The van der Waals surface area contributed by atoms with Gasteiger partial charge in [-0.1, -0.05) is 61.6 Å². The number of ketones is 1. The Morgan fingerprint density at radius 3 is 2.29 bits per heavy atom. The highest BCUT2D eigenvalue weighted by molar-refractivity contribution is 9.26. The van der Waals surface area contributed by atoms with Crippen molar-refractivity contribution in [3.8, 4) is 0 Å². The second-order valence-corrected chi connectivity index (χ2v) is 9.05. The number of halogens is 3. The van der Waals surface area contributed by atoms with Crippen molar-refractivity contribution in [2.75, 3.05) is 5.33 Å². The topological polar surface area (TPSA) is 17.1 Å². The lowest BCUT2D eigenvalue weighted by molar-refractivity contribution is -0.128. The minimum atomic E-state index is -0.477.